The van der Waals surface area contributed by atoms with Crippen LogP contribution >= 0.6 is 0 Å². The number of hydrogen-bond acceptors (Lipinski definition) is 4. The highest BCUT2D eigenvalue weighted by Gasteiger charge is 2.60. The number of hydrogen-bond donors (Lipinski definition) is 0. The topological polar surface area (TPSA) is 52.6 Å². The first-order valence-corrected chi connectivity index (χ1v) is 10.7. The van der Waals surface area contributed by atoms with Crippen LogP contribution in [-0.4, -0.2) is 31.6 Å². The number of allylic oxidation sites excluding steroid dienone is 1. The van der Waals surface area contributed by atoms with Crippen LogP contribution in [0.15, 0.2) is 11.6 Å². The normalized spacial score (nSPS) is 46.3. The third-order valence-electron chi connectivity index (χ3n) is 8.86. The zero-order chi connectivity index (χ0) is 19.4. The van der Waals surface area contributed by atoms with Gasteiger partial charge in [0, 0.05) is 13.0 Å². The summed E-state index contributed by atoms with van der Waals surface area (Å²) in [4.78, 5) is 24.8. The van der Waals surface area contributed by atoms with Gasteiger partial charge in [-0.05, 0) is 86.5 Å². The fourth-order valence-corrected chi connectivity index (χ4v) is 7.56. The molecule has 3 saturated carbocycles. The Bertz CT molecular complexity index is 667. The second-order valence-electron chi connectivity index (χ2n) is 9.96. The largest absolute Gasteiger partial charge is 0.359 e. The summed E-state index contributed by atoms with van der Waals surface area (Å²) in [6.45, 7) is 6.71. The highest BCUT2D eigenvalue weighted by molar-refractivity contribution is 5.95. The van der Waals surface area contributed by atoms with Crippen molar-refractivity contribution in [2.75, 3.05) is 13.9 Å². The maximum absolute atomic E-state index is 12.5. The maximum Gasteiger partial charge on any atom is 0.184 e. The van der Waals surface area contributed by atoms with Crippen LogP contribution in [-0.2, 0) is 19.1 Å². The molecular formula is C23H34O4. The van der Waals surface area contributed by atoms with Gasteiger partial charge in [-0.25, -0.2) is 0 Å². The summed E-state index contributed by atoms with van der Waals surface area (Å²) in [5.41, 5.74) is 1.57. The van der Waals surface area contributed by atoms with Gasteiger partial charge in [-0.3, -0.25) is 9.59 Å². The zero-order valence-electron chi connectivity index (χ0n) is 17.3. The summed E-state index contributed by atoms with van der Waals surface area (Å²) in [6.07, 6.45) is 9.06. The van der Waals surface area contributed by atoms with Crippen molar-refractivity contribution in [2.24, 2.45) is 34.5 Å². The maximum atomic E-state index is 12.5. The molecule has 0 aromatic heterocycles. The summed E-state index contributed by atoms with van der Waals surface area (Å²) in [5.74, 6) is 2.67. The Hall–Kier alpha value is -1.00. The Labute approximate surface area is 163 Å². The van der Waals surface area contributed by atoms with Crippen molar-refractivity contribution in [1.82, 2.24) is 0 Å². The third-order valence-corrected chi connectivity index (χ3v) is 8.86. The first-order valence-electron chi connectivity index (χ1n) is 10.7. The highest BCUT2D eigenvalue weighted by atomic mass is 16.7. The van der Waals surface area contributed by atoms with E-state index in [1.165, 1.54) is 24.8 Å². The number of rotatable bonds is 4. The first kappa shape index (κ1) is 19.3. The molecule has 4 aliphatic rings. The molecule has 0 heterocycles. The second-order valence-corrected chi connectivity index (χ2v) is 9.96. The number of Topliss-reactive ketones (excluding diaryl/α,β-unsaturated/α-hetero) is 1. The van der Waals surface area contributed by atoms with Gasteiger partial charge in [0.05, 0.1) is 0 Å². The molecule has 4 rings (SSSR count). The average Bonchev–Trinajstić information content (AvgIpc) is 2.98. The Kier molecular flexibility index (Phi) is 4.87. The molecule has 150 valence electrons. The van der Waals surface area contributed by atoms with Gasteiger partial charge < -0.3 is 9.47 Å². The van der Waals surface area contributed by atoms with Crippen molar-refractivity contribution < 1.29 is 19.1 Å². The van der Waals surface area contributed by atoms with E-state index in [1.54, 1.807) is 14.0 Å². The monoisotopic (exact) mass is 374 g/mol. The molecule has 0 radical (unpaired) electrons. The van der Waals surface area contributed by atoms with Gasteiger partial charge in [0.1, 0.15) is 18.7 Å². The van der Waals surface area contributed by atoms with Gasteiger partial charge in [0.2, 0.25) is 0 Å². The Balaban J connectivity index is 1.61. The van der Waals surface area contributed by atoms with Gasteiger partial charge >= 0.3 is 0 Å². The Morgan fingerprint density at radius 2 is 1.96 bits per heavy atom. The predicted octanol–water partition coefficient (Wildman–Crippen LogP) is 4.32. The lowest BCUT2D eigenvalue weighted by Gasteiger charge is -2.58. The minimum Gasteiger partial charge on any atom is -0.359 e. The molecule has 0 aromatic rings. The van der Waals surface area contributed by atoms with Crippen LogP contribution in [0.5, 0.6) is 0 Å². The number of ether oxygens (including phenoxy) is 2. The molecule has 0 amide bonds. The number of methoxy groups -OCH3 is 1. The number of carbonyl (C=O) groups is 2. The molecule has 27 heavy (non-hydrogen) atoms. The molecule has 0 N–H and O–H groups in total. The lowest BCUT2D eigenvalue weighted by Crippen LogP contribution is -2.53. The van der Waals surface area contributed by atoms with Crippen LogP contribution in [0.25, 0.3) is 0 Å². The van der Waals surface area contributed by atoms with Crippen molar-refractivity contribution in [3.8, 4) is 0 Å². The fraction of sp³-hybridized carbons (Fsp3) is 0.826. The van der Waals surface area contributed by atoms with E-state index >= 15 is 0 Å². The van der Waals surface area contributed by atoms with E-state index in [2.05, 4.69) is 13.8 Å². The van der Waals surface area contributed by atoms with Crippen molar-refractivity contribution in [3.63, 3.8) is 0 Å². The van der Waals surface area contributed by atoms with E-state index in [1.807, 2.05) is 6.08 Å². The molecule has 4 aliphatic carbocycles. The Morgan fingerprint density at radius 3 is 2.67 bits per heavy atom. The first-order chi connectivity index (χ1) is 12.8. The summed E-state index contributed by atoms with van der Waals surface area (Å²) in [7, 11) is 1.60. The van der Waals surface area contributed by atoms with Crippen LogP contribution in [0.3, 0.4) is 0 Å². The number of carbonyl (C=O) groups excluding carboxylic acids is 2. The predicted molar refractivity (Wildman–Crippen MR) is 103 cm³/mol. The van der Waals surface area contributed by atoms with Crippen LogP contribution in [0.4, 0.5) is 0 Å². The molecule has 3 fully saturated rings. The molecule has 0 saturated heterocycles. The van der Waals surface area contributed by atoms with Crippen LogP contribution < -0.4 is 0 Å². The molecule has 0 aliphatic heterocycles. The van der Waals surface area contributed by atoms with Crippen molar-refractivity contribution in [1.29, 1.82) is 0 Å². The van der Waals surface area contributed by atoms with Gasteiger partial charge in [-0.2, -0.15) is 0 Å². The lowest BCUT2D eigenvalue weighted by atomic mass is 9.46. The van der Waals surface area contributed by atoms with Crippen LogP contribution in [0.2, 0.25) is 0 Å². The van der Waals surface area contributed by atoms with Gasteiger partial charge in [0.15, 0.2) is 5.78 Å². The molecular weight excluding hydrogens is 340 g/mol. The van der Waals surface area contributed by atoms with E-state index in [0.717, 1.165) is 25.7 Å². The zero-order valence-corrected chi connectivity index (χ0v) is 17.3. The fourth-order valence-electron chi connectivity index (χ4n) is 7.56. The van der Waals surface area contributed by atoms with E-state index in [-0.39, 0.29) is 35.4 Å². The molecule has 0 bridgehead atoms. The molecule has 1 unspecified atom stereocenters. The minimum absolute atomic E-state index is 0.0465. The second kappa shape index (κ2) is 6.81. The van der Waals surface area contributed by atoms with E-state index in [9.17, 15) is 9.59 Å². The lowest BCUT2D eigenvalue weighted by molar-refractivity contribution is -0.145. The van der Waals surface area contributed by atoms with Crippen LogP contribution in [0, 0.1) is 34.5 Å². The van der Waals surface area contributed by atoms with Gasteiger partial charge in [0.25, 0.3) is 0 Å². The van der Waals surface area contributed by atoms with Crippen LogP contribution in [0.1, 0.15) is 65.7 Å². The van der Waals surface area contributed by atoms with Gasteiger partial charge in [-0.15, -0.1) is 0 Å². The summed E-state index contributed by atoms with van der Waals surface area (Å²) in [5, 5.41) is 0. The third kappa shape index (κ3) is 2.86. The van der Waals surface area contributed by atoms with Crippen molar-refractivity contribution in [2.45, 2.75) is 71.8 Å². The van der Waals surface area contributed by atoms with E-state index in [4.69, 9.17) is 9.47 Å². The van der Waals surface area contributed by atoms with E-state index < -0.39 is 0 Å². The van der Waals surface area contributed by atoms with Gasteiger partial charge in [-0.1, -0.05) is 19.4 Å². The SMILES string of the molecule is COCOC1C[C@@]2(C)C(=CC1=O)CC[C@H]1[C@@H]3CC[C@H](C(C)=O)[C@@]3(C)CC[C@@H]12. The smallest absolute Gasteiger partial charge is 0.184 e. The summed E-state index contributed by atoms with van der Waals surface area (Å²) >= 11 is 0. The molecule has 0 spiro atoms. The standard InChI is InChI=1S/C23H34O4/c1-14(24)17-7-8-18-16-6-5-15-11-20(25)21(27-13-26-4)12-23(15,3)19(16)9-10-22(17,18)2/h11,16-19,21H,5-10,12-13H2,1-4H3/t16-,17+,18-,19-,21?,22+,23-/m0/s1. The number of fused-ring (bicyclic) bond motifs is 5. The molecule has 4 nitrogen and oxygen atoms in total. The molecule has 7 atom stereocenters. The van der Waals surface area contributed by atoms with Crippen molar-refractivity contribution >= 4 is 11.6 Å². The highest BCUT2D eigenvalue weighted by Crippen LogP contribution is 2.66. The quantitative estimate of drug-likeness (QED) is 0.688. The van der Waals surface area contributed by atoms with E-state index in [0.29, 0.717) is 23.5 Å². The molecule has 0 aromatic carbocycles. The summed E-state index contributed by atoms with van der Waals surface area (Å²) in [6, 6.07) is 0. The minimum atomic E-state index is -0.376. The average molecular weight is 375 g/mol. The Morgan fingerprint density at radius 1 is 1.19 bits per heavy atom. The molecule has 4 heteroatoms. The van der Waals surface area contributed by atoms with Crippen molar-refractivity contribution in [3.05, 3.63) is 11.6 Å². The number of ketones is 2. The summed E-state index contributed by atoms with van der Waals surface area (Å²) < 4.78 is 10.8.